The van der Waals surface area contributed by atoms with Crippen LogP contribution in [0.2, 0.25) is 10.0 Å². The molecule has 6 nitrogen and oxygen atoms in total. The number of carbonyl (C=O) groups is 1. The monoisotopic (exact) mass is 458 g/mol. The van der Waals surface area contributed by atoms with Gasteiger partial charge in [-0.2, -0.15) is 0 Å². The fraction of sp³-hybridized carbons (Fsp3) is 0.143. The third-order valence-corrected chi connectivity index (χ3v) is 5.92. The largest absolute Gasteiger partial charge is 0.425 e. The highest BCUT2D eigenvalue weighted by Gasteiger charge is 2.32. The van der Waals surface area contributed by atoms with Crippen LogP contribution in [0.15, 0.2) is 57.6 Å². The summed E-state index contributed by atoms with van der Waals surface area (Å²) >= 11 is 13.4. The summed E-state index contributed by atoms with van der Waals surface area (Å²) in [5.74, 6) is 1.13. The van der Waals surface area contributed by atoms with Crippen LogP contribution in [-0.2, 0) is 10.5 Å². The Hall–Kier alpha value is -2.61. The number of hydrogen-bond acceptors (Lipinski definition) is 6. The van der Waals surface area contributed by atoms with Gasteiger partial charge in [0.2, 0.25) is 11.8 Å². The molecular formula is C21H16Cl2N4O2S. The van der Waals surface area contributed by atoms with Crippen LogP contribution in [-0.4, -0.2) is 21.3 Å². The standard InChI is InChI=1S/C21H16Cl2N4O2S/c1-12-3-6-15(7-4-12)27-20(28)18(10-14-5-8-16(22)17(23)9-14)24-21(27)30-11-19-26-25-13(2)29-19/h3-10H,11H2,1-2H3/b18-10-. The maximum atomic E-state index is 13.2. The van der Waals surface area contributed by atoms with Gasteiger partial charge in [-0.3, -0.25) is 9.69 Å². The summed E-state index contributed by atoms with van der Waals surface area (Å²) in [5.41, 5.74) is 2.87. The summed E-state index contributed by atoms with van der Waals surface area (Å²) in [4.78, 5) is 19.3. The summed E-state index contributed by atoms with van der Waals surface area (Å²) in [6, 6.07) is 12.9. The first-order valence-electron chi connectivity index (χ1n) is 8.99. The Balaban J connectivity index is 1.67. The molecule has 1 amide bonds. The zero-order valence-electron chi connectivity index (χ0n) is 16.1. The summed E-state index contributed by atoms with van der Waals surface area (Å²) < 4.78 is 5.43. The van der Waals surface area contributed by atoms with Gasteiger partial charge in [-0.1, -0.05) is 58.7 Å². The van der Waals surface area contributed by atoms with Crippen molar-refractivity contribution in [1.82, 2.24) is 10.2 Å². The molecule has 1 aromatic heterocycles. The van der Waals surface area contributed by atoms with Crippen molar-refractivity contribution in [2.24, 2.45) is 4.99 Å². The first-order valence-corrected chi connectivity index (χ1v) is 10.7. The number of anilines is 1. The molecule has 1 aliphatic heterocycles. The second kappa shape index (κ2) is 8.63. The van der Waals surface area contributed by atoms with Crippen molar-refractivity contribution in [3.8, 4) is 0 Å². The molecule has 0 bridgehead atoms. The van der Waals surface area contributed by atoms with Gasteiger partial charge in [-0.25, -0.2) is 4.99 Å². The first kappa shape index (κ1) is 20.7. The highest BCUT2D eigenvalue weighted by molar-refractivity contribution is 8.13. The van der Waals surface area contributed by atoms with Crippen LogP contribution in [0.1, 0.15) is 22.9 Å². The van der Waals surface area contributed by atoms with E-state index in [0.717, 1.165) is 16.8 Å². The van der Waals surface area contributed by atoms with E-state index >= 15 is 0 Å². The fourth-order valence-electron chi connectivity index (χ4n) is 2.80. The Labute approximate surface area is 187 Å². The van der Waals surface area contributed by atoms with E-state index in [2.05, 4.69) is 15.2 Å². The minimum Gasteiger partial charge on any atom is -0.425 e. The van der Waals surface area contributed by atoms with E-state index in [1.54, 1.807) is 36.1 Å². The van der Waals surface area contributed by atoms with Gasteiger partial charge in [0.15, 0.2) is 5.17 Å². The van der Waals surface area contributed by atoms with Gasteiger partial charge in [-0.15, -0.1) is 10.2 Å². The molecule has 3 aromatic rings. The first-order chi connectivity index (χ1) is 14.4. The summed E-state index contributed by atoms with van der Waals surface area (Å²) in [5, 5.41) is 9.24. The molecule has 9 heteroatoms. The number of carbonyl (C=O) groups excluding carboxylic acids is 1. The van der Waals surface area contributed by atoms with E-state index in [0.29, 0.717) is 38.4 Å². The van der Waals surface area contributed by atoms with Crippen LogP contribution < -0.4 is 4.90 Å². The van der Waals surface area contributed by atoms with E-state index in [4.69, 9.17) is 27.6 Å². The predicted molar refractivity (Wildman–Crippen MR) is 121 cm³/mol. The van der Waals surface area contributed by atoms with E-state index in [9.17, 15) is 4.79 Å². The molecule has 0 saturated heterocycles. The van der Waals surface area contributed by atoms with Gasteiger partial charge in [0, 0.05) is 6.92 Å². The number of thioether (sulfide) groups is 1. The summed E-state index contributed by atoms with van der Waals surface area (Å²) in [6.07, 6.45) is 1.69. The number of rotatable bonds is 4. The molecule has 0 aliphatic carbocycles. The molecule has 1 aliphatic rings. The van der Waals surface area contributed by atoms with E-state index in [-0.39, 0.29) is 5.91 Å². The number of amides is 1. The van der Waals surface area contributed by atoms with Crippen molar-refractivity contribution >= 4 is 57.8 Å². The molecule has 2 aromatic carbocycles. The second-order valence-electron chi connectivity index (χ2n) is 6.58. The highest BCUT2D eigenvalue weighted by atomic mass is 35.5. The minimum absolute atomic E-state index is 0.228. The molecule has 4 rings (SSSR count). The number of aryl methyl sites for hydroxylation is 2. The number of aliphatic imine (C=N–C) groups is 1. The molecule has 0 N–H and O–H groups in total. The van der Waals surface area contributed by atoms with E-state index < -0.39 is 0 Å². The molecule has 30 heavy (non-hydrogen) atoms. The minimum atomic E-state index is -0.228. The average molecular weight is 459 g/mol. The number of nitrogens with zero attached hydrogens (tertiary/aromatic N) is 4. The highest BCUT2D eigenvalue weighted by Crippen LogP contribution is 2.31. The topological polar surface area (TPSA) is 71.6 Å². The third-order valence-electron chi connectivity index (χ3n) is 4.26. The van der Waals surface area contributed by atoms with Crippen LogP contribution in [0.4, 0.5) is 5.69 Å². The molecule has 0 saturated carbocycles. The van der Waals surface area contributed by atoms with Crippen LogP contribution >= 0.6 is 35.0 Å². The molecule has 0 unspecified atom stereocenters. The van der Waals surface area contributed by atoms with Gasteiger partial charge < -0.3 is 4.42 Å². The van der Waals surface area contributed by atoms with Crippen LogP contribution in [0, 0.1) is 13.8 Å². The van der Waals surface area contributed by atoms with Crippen molar-refractivity contribution < 1.29 is 9.21 Å². The lowest BCUT2D eigenvalue weighted by molar-refractivity contribution is -0.113. The van der Waals surface area contributed by atoms with Gasteiger partial charge in [0.25, 0.3) is 5.91 Å². The van der Waals surface area contributed by atoms with Gasteiger partial charge in [0.1, 0.15) is 5.70 Å². The number of aromatic nitrogens is 2. The van der Waals surface area contributed by atoms with E-state index in [1.807, 2.05) is 31.2 Å². The van der Waals surface area contributed by atoms with Crippen molar-refractivity contribution in [3.05, 3.63) is 81.1 Å². The van der Waals surface area contributed by atoms with Crippen molar-refractivity contribution in [2.75, 3.05) is 4.90 Å². The van der Waals surface area contributed by atoms with Crippen molar-refractivity contribution in [2.45, 2.75) is 19.6 Å². The second-order valence-corrected chi connectivity index (χ2v) is 8.33. The quantitative estimate of drug-likeness (QED) is 0.470. The van der Waals surface area contributed by atoms with Gasteiger partial charge >= 0.3 is 0 Å². The molecule has 0 radical (unpaired) electrons. The average Bonchev–Trinajstić information content (AvgIpc) is 3.27. The lowest BCUT2D eigenvalue weighted by atomic mass is 10.2. The molecule has 152 valence electrons. The maximum Gasteiger partial charge on any atom is 0.283 e. The fourth-order valence-corrected chi connectivity index (χ4v) is 3.95. The van der Waals surface area contributed by atoms with Crippen LogP contribution in [0.5, 0.6) is 0 Å². The van der Waals surface area contributed by atoms with E-state index in [1.165, 1.54) is 11.8 Å². The maximum absolute atomic E-state index is 13.2. The Kier molecular flexibility index (Phi) is 5.94. The summed E-state index contributed by atoms with van der Waals surface area (Å²) in [7, 11) is 0. The Morgan fingerprint density at radius 2 is 1.83 bits per heavy atom. The summed E-state index contributed by atoms with van der Waals surface area (Å²) in [6.45, 7) is 3.72. The molecule has 0 atom stereocenters. The van der Waals surface area contributed by atoms with Crippen molar-refractivity contribution in [1.29, 1.82) is 0 Å². The van der Waals surface area contributed by atoms with Gasteiger partial charge in [-0.05, 0) is 42.8 Å². The zero-order chi connectivity index (χ0) is 21.3. The number of benzene rings is 2. The third kappa shape index (κ3) is 4.43. The zero-order valence-corrected chi connectivity index (χ0v) is 18.4. The Morgan fingerprint density at radius 1 is 1.07 bits per heavy atom. The van der Waals surface area contributed by atoms with Crippen molar-refractivity contribution in [3.63, 3.8) is 0 Å². The molecular weight excluding hydrogens is 443 g/mol. The van der Waals surface area contributed by atoms with Gasteiger partial charge in [0.05, 0.1) is 21.5 Å². The Bertz CT molecular complexity index is 1170. The molecule has 0 spiro atoms. The SMILES string of the molecule is Cc1ccc(N2C(=O)/C(=C/c3ccc(Cl)c(Cl)c3)N=C2SCc2nnc(C)o2)cc1. The normalized spacial score (nSPS) is 15.2. The lowest BCUT2D eigenvalue weighted by Crippen LogP contribution is -2.30. The Morgan fingerprint density at radius 3 is 2.50 bits per heavy atom. The number of halogens is 2. The smallest absolute Gasteiger partial charge is 0.283 e. The van der Waals surface area contributed by atoms with Crippen LogP contribution in [0.25, 0.3) is 6.08 Å². The van der Waals surface area contributed by atoms with Crippen LogP contribution in [0.3, 0.4) is 0 Å². The number of amidine groups is 1. The lowest BCUT2D eigenvalue weighted by Gasteiger charge is -2.17. The number of hydrogen-bond donors (Lipinski definition) is 0. The molecule has 0 fully saturated rings. The molecule has 2 heterocycles. The predicted octanol–water partition coefficient (Wildman–Crippen LogP) is 5.67.